The van der Waals surface area contributed by atoms with Gasteiger partial charge in [0.1, 0.15) is 11.5 Å². The van der Waals surface area contributed by atoms with Gasteiger partial charge < -0.3 is 9.47 Å². The Morgan fingerprint density at radius 2 is 2.00 bits per heavy atom. The first-order chi connectivity index (χ1) is 9.91. The van der Waals surface area contributed by atoms with Gasteiger partial charge in [-0.1, -0.05) is 26.8 Å². The Balaban J connectivity index is 2.18. The lowest BCUT2D eigenvalue weighted by Gasteiger charge is -2.23. The normalized spacial score (nSPS) is 11.2. The average Bonchev–Trinajstić information content (AvgIpc) is 2.97. The molecule has 0 N–H and O–H groups in total. The van der Waals surface area contributed by atoms with Crippen molar-refractivity contribution in [1.29, 1.82) is 0 Å². The molecule has 21 heavy (non-hydrogen) atoms. The molecule has 2 aromatic rings. The summed E-state index contributed by atoms with van der Waals surface area (Å²) >= 11 is 1.43. The third-order valence-electron chi connectivity index (χ3n) is 3.15. The molecule has 0 aliphatic carbocycles. The Kier molecular flexibility index (Phi) is 4.68. The van der Waals surface area contributed by atoms with Crippen molar-refractivity contribution in [1.82, 2.24) is 0 Å². The van der Waals surface area contributed by atoms with Gasteiger partial charge >= 0.3 is 0 Å². The average molecular weight is 304 g/mol. The van der Waals surface area contributed by atoms with E-state index in [2.05, 4.69) is 20.8 Å². The molecule has 3 nitrogen and oxygen atoms in total. The molecule has 0 aliphatic heterocycles. The van der Waals surface area contributed by atoms with Crippen LogP contribution in [0.3, 0.4) is 0 Å². The van der Waals surface area contributed by atoms with Crippen molar-refractivity contribution in [2.45, 2.75) is 26.2 Å². The van der Waals surface area contributed by atoms with E-state index >= 15 is 0 Å². The van der Waals surface area contributed by atoms with Crippen molar-refractivity contribution in [2.75, 3.05) is 13.7 Å². The molecule has 1 aromatic carbocycles. The minimum atomic E-state index is -0.0874. The minimum absolute atomic E-state index is 0.000627. The number of Topliss-reactive ketones (excluding diaryl/α,β-unsaturated/α-hetero) is 1. The molecule has 0 atom stereocenters. The van der Waals surface area contributed by atoms with Gasteiger partial charge in [-0.15, -0.1) is 11.3 Å². The predicted octanol–water partition coefficient (Wildman–Crippen LogP) is 4.32. The molecule has 112 valence electrons. The Morgan fingerprint density at radius 3 is 2.57 bits per heavy atom. The van der Waals surface area contributed by atoms with Crippen LogP contribution in [0.25, 0.3) is 0 Å². The van der Waals surface area contributed by atoms with Gasteiger partial charge in [-0.25, -0.2) is 0 Å². The van der Waals surface area contributed by atoms with Crippen LogP contribution in [0.1, 0.15) is 36.0 Å². The number of thiophene rings is 1. The Bertz CT molecular complexity index is 609. The fourth-order valence-electron chi connectivity index (χ4n) is 2.00. The lowest BCUT2D eigenvalue weighted by atomic mass is 9.86. The fourth-order valence-corrected chi connectivity index (χ4v) is 2.65. The second kappa shape index (κ2) is 6.31. The first-order valence-corrected chi connectivity index (χ1v) is 7.68. The van der Waals surface area contributed by atoms with Crippen LogP contribution >= 0.6 is 11.3 Å². The van der Waals surface area contributed by atoms with Crippen LogP contribution in [0.5, 0.6) is 11.5 Å². The quantitative estimate of drug-likeness (QED) is 0.772. The van der Waals surface area contributed by atoms with Crippen LogP contribution in [0.2, 0.25) is 0 Å². The van der Waals surface area contributed by atoms with Gasteiger partial charge in [0, 0.05) is 5.56 Å². The second-order valence-corrected chi connectivity index (χ2v) is 6.75. The summed E-state index contributed by atoms with van der Waals surface area (Å²) in [6, 6.07) is 9.35. The predicted molar refractivity (Wildman–Crippen MR) is 85.8 cm³/mol. The van der Waals surface area contributed by atoms with E-state index in [4.69, 9.17) is 9.47 Å². The Hall–Kier alpha value is -1.81. The van der Waals surface area contributed by atoms with Crippen LogP contribution in [0.15, 0.2) is 35.7 Å². The maximum absolute atomic E-state index is 12.0. The van der Waals surface area contributed by atoms with E-state index in [1.54, 1.807) is 7.11 Å². The van der Waals surface area contributed by atoms with Crippen molar-refractivity contribution in [3.63, 3.8) is 0 Å². The highest BCUT2D eigenvalue weighted by molar-refractivity contribution is 7.12. The molecule has 0 saturated carbocycles. The number of rotatable bonds is 5. The molecular weight excluding hydrogens is 284 g/mol. The van der Waals surface area contributed by atoms with Gasteiger partial charge in [0.2, 0.25) is 5.78 Å². The summed E-state index contributed by atoms with van der Waals surface area (Å²) in [7, 11) is 1.64. The summed E-state index contributed by atoms with van der Waals surface area (Å²) in [5, 5.41) is 1.89. The lowest BCUT2D eigenvalue weighted by Crippen LogP contribution is -2.16. The zero-order valence-corrected chi connectivity index (χ0v) is 13.6. The molecule has 0 aliphatic rings. The maximum Gasteiger partial charge on any atom is 0.210 e. The zero-order chi connectivity index (χ0) is 15.5. The Morgan fingerprint density at radius 1 is 1.24 bits per heavy atom. The summed E-state index contributed by atoms with van der Waals surface area (Å²) < 4.78 is 11.0. The molecule has 0 bridgehead atoms. The zero-order valence-electron chi connectivity index (χ0n) is 12.8. The van der Waals surface area contributed by atoms with Crippen molar-refractivity contribution in [3.05, 3.63) is 46.2 Å². The smallest absolute Gasteiger partial charge is 0.210 e. The van der Waals surface area contributed by atoms with Gasteiger partial charge in [0.05, 0.1) is 12.0 Å². The molecular formula is C17H20O3S. The number of methoxy groups -OCH3 is 1. The lowest BCUT2D eigenvalue weighted by molar-refractivity contribution is 0.0924. The highest BCUT2D eigenvalue weighted by atomic mass is 32.1. The molecule has 0 spiro atoms. The van der Waals surface area contributed by atoms with E-state index < -0.39 is 0 Å². The topological polar surface area (TPSA) is 35.5 Å². The van der Waals surface area contributed by atoms with E-state index in [1.165, 1.54) is 11.3 Å². The third kappa shape index (κ3) is 3.85. The van der Waals surface area contributed by atoms with Crippen LogP contribution in [-0.4, -0.2) is 19.5 Å². The van der Waals surface area contributed by atoms with Crippen LogP contribution in [0.4, 0.5) is 0 Å². The number of ketones is 1. The first kappa shape index (κ1) is 15.6. The standard InChI is InChI=1S/C17H20O3S/c1-17(2,3)13-10-12(19-4)7-8-15(13)20-11-14(18)16-6-5-9-21-16/h5-10H,11H2,1-4H3. The molecule has 0 saturated heterocycles. The second-order valence-electron chi connectivity index (χ2n) is 5.80. The van der Waals surface area contributed by atoms with Crippen molar-refractivity contribution in [2.24, 2.45) is 0 Å². The van der Waals surface area contributed by atoms with Gasteiger partial charge in [0.15, 0.2) is 6.61 Å². The molecule has 0 fully saturated rings. The minimum Gasteiger partial charge on any atom is -0.497 e. The monoisotopic (exact) mass is 304 g/mol. The molecule has 0 amide bonds. The Labute approximate surface area is 129 Å². The number of carbonyl (C=O) groups is 1. The molecule has 0 unspecified atom stereocenters. The highest BCUT2D eigenvalue weighted by Gasteiger charge is 2.20. The van der Waals surface area contributed by atoms with Gasteiger partial charge in [0.25, 0.3) is 0 Å². The van der Waals surface area contributed by atoms with Crippen LogP contribution in [0, 0.1) is 0 Å². The molecule has 4 heteroatoms. The van der Waals surface area contributed by atoms with Gasteiger partial charge in [-0.2, -0.15) is 0 Å². The maximum atomic E-state index is 12.0. The van der Waals surface area contributed by atoms with Gasteiger partial charge in [-0.3, -0.25) is 4.79 Å². The number of benzene rings is 1. The summed E-state index contributed by atoms with van der Waals surface area (Å²) in [5.41, 5.74) is 0.941. The number of hydrogen-bond acceptors (Lipinski definition) is 4. The SMILES string of the molecule is COc1ccc(OCC(=O)c2cccs2)c(C(C)(C)C)c1. The van der Waals surface area contributed by atoms with E-state index in [0.717, 1.165) is 21.9 Å². The number of carbonyl (C=O) groups excluding carboxylic acids is 1. The highest BCUT2D eigenvalue weighted by Crippen LogP contribution is 2.34. The molecule has 0 radical (unpaired) electrons. The summed E-state index contributed by atoms with van der Waals surface area (Å²) in [4.78, 5) is 12.7. The van der Waals surface area contributed by atoms with Crippen molar-refractivity contribution < 1.29 is 14.3 Å². The fraction of sp³-hybridized carbons (Fsp3) is 0.353. The van der Waals surface area contributed by atoms with E-state index in [9.17, 15) is 4.79 Å². The third-order valence-corrected chi connectivity index (χ3v) is 4.06. The van der Waals surface area contributed by atoms with E-state index in [-0.39, 0.29) is 17.8 Å². The summed E-state index contributed by atoms with van der Waals surface area (Å²) in [5.74, 6) is 1.52. The van der Waals surface area contributed by atoms with Crippen LogP contribution < -0.4 is 9.47 Å². The molecule has 1 heterocycles. The number of ether oxygens (including phenoxy) is 2. The van der Waals surface area contributed by atoms with E-state index in [0.29, 0.717) is 0 Å². The van der Waals surface area contributed by atoms with E-state index in [1.807, 2.05) is 35.7 Å². The summed E-state index contributed by atoms with van der Waals surface area (Å²) in [6.45, 7) is 6.37. The number of hydrogen-bond donors (Lipinski definition) is 0. The summed E-state index contributed by atoms with van der Waals surface area (Å²) in [6.07, 6.45) is 0. The largest absolute Gasteiger partial charge is 0.497 e. The molecule has 1 aromatic heterocycles. The molecule has 2 rings (SSSR count). The van der Waals surface area contributed by atoms with Crippen LogP contribution in [-0.2, 0) is 5.41 Å². The van der Waals surface area contributed by atoms with Crippen molar-refractivity contribution >= 4 is 17.1 Å². The first-order valence-electron chi connectivity index (χ1n) is 6.80. The van der Waals surface area contributed by atoms with Crippen molar-refractivity contribution in [3.8, 4) is 11.5 Å². The van der Waals surface area contributed by atoms with Gasteiger partial charge in [-0.05, 0) is 35.1 Å².